The van der Waals surface area contributed by atoms with Crippen LogP contribution in [0.1, 0.15) is 41.0 Å². The van der Waals surface area contributed by atoms with Gasteiger partial charge in [-0.15, -0.1) is 0 Å². The number of hydrogen-bond donors (Lipinski definition) is 2. The lowest BCUT2D eigenvalue weighted by molar-refractivity contribution is -0.141. The summed E-state index contributed by atoms with van der Waals surface area (Å²) in [6.07, 6.45) is 0.870. The van der Waals surface area contributed by atoms with Gasteiger partial charge in [-0.1, -0.05) is 20.8 Å². The molecule has 0 aliphatic carbocycles. The van der Waals surface area contributed by atoms with Gasteiger partial charge in [-0.3, -0.25) is 9.59 Å². The first-order chi connectivity index (χ1) is 7.32. The fraction of sp³-hybridized carbons (Fsp3) is 0.833. The third-order valence-corrected chi connectivity index (χ3v) is 2.34. The fourth-order valence-electron chi connectivity index (χ4n) is 1.08. The van der Waals surface area contributed by atoms with Gasteiger partial charge in [0.25, 0.3) is 0 Å². The maximum atomic E-state index is 11.8. The number of rotatable bonds is 6. The molecule has 2 amide bonds. The smallest absolute Gasteiger partial charge is 0.235 e. The van der Waals surface area contributed by atoms with Crippen molar-refractivity contribution in [2.75, 3.05) is 13.1 Å². The van der Waals surface area contributed by atoms with Crippen LogP contribution >= 0.6 is 0 Å². The van der Waals surface area contributed by atoms with E-state index in [2.05, 4.69) is 10.6 Å². The zero-order valence-electron chi connectivity index (χ0n) is 11.0. The van der Waals surface area contributed by atoms with E-state index in [-0.39, 0.29) is 11.8 Å². The summed E-state index contributed by atoms with van der Waals surface area (Å²) in [5.41, 5.74) is -0.996. The number of hydrogen-bond acceptors (Lipinski definition) is 2. The predicted molar refractivity (Wildman–Crippen MR) is 64.9 cm³/mol. The first-order valence-corrected chi connectivity index (χ1v) is 5.89. The van der Waals surface area contributed by atoms with E-state index in [1.165, 1.54) is 0 Å². The van der Waals surface area contributed by atoms with Crippen LogP contribution in [0.4, 0.5) is 0 Å². The number of carbonyl (C=O) groups is 2. The van der Waals surface area contributed by atoms with Crippen molar-refractivity contribution in [2.45, 2.75) is 41.0 Å². The predicted octanol–water partition coefficient (Wildman–Crippen LogP) is 1.31. The van der Waals surface area contributed by atoms with Gasteiger partial charge >= 0.3 is 0 Å². The van der Waals surface area contributed by atoms with Crippen molar-refractivity contribution in [3.05, 3.63) is 0 Å². The summed E-state index contributed by atoms with van der Waals surface area (Å²) < 4.78 is 0. The van der Waals surface area contributed by atoms with Crippen LogP contribution in [0.15, 0.2) is 0 Å². The molecular weight excluding hydrogens is 204 g/mol. The Morgan fingerprint density at radius 1 is 1.12 bits per heavy atom. The molecule has 0 aromatic carbocycles. The van der Waals surface area contributed by atoms with E-state index in [4.69, 9.17) is 0 Å². The summed E-state index contributed by atoms with van der Waals surface area (Å²) in [6, 6.07) is 0. The molecule has 4 nitrogen and oxygen atoms in total. The molecule has 0 aliphatic heterocycles. The molecular formula is C12H24N2O2. The van der Waals surface area contributed by atoms with Crippen molar-refractivity contribution >= 4 is 11.8 Å². The van der Waals surface area contributed by atoms with Crippen LogP contribution in [0, 0.1) is 11.3 Å². The second-order valence-corrected chi connectivity index (χ2v) is 4.98. The van der Waals surface area contributed by atoms with Crippen LogP contribution in [-0.4, -0.2) is 24.9 Å². The van der Waals surface area contributed by atoms with Crippen LogP contribution in [-0.2, 0) is 9.59 Å². The topological polar surface area (TPSA) is 58.2 Å². The van der Waals surface area contributed by atoms with E-state index < -0.39 is 5.41 Å². The third kappa shape index (κ3) is 4.64. The van der Waals surface area contributed by atoms with Crippen LogP contribution < -0.4 is 10.6 Å². The number of amides is 2. The highest BCUT2D eigenvalue weighted by Crippen LogP contribution is 2.15. The van der Waals surface area contributed by atoms with Gasteiger partial charge in [0.15, 0.2) is 0 Å². The van der Waals surface area contributed by atoms with Crippen LogP contribution in [0.25, 0.3) is 0 Å². The summed E-state index contributed by atoms with van der Waals surface area (Å²) >= 11 is 0. The summed E-state index contributed by atoms with van der Waals surface area (Å²) in [5.74, 6) is -0.0381. The molecule has 0 atom stereocenters. The lowest BCUT2D eigenvalue weighted by Crippen LogP contribution is -2.48. The van der Waals surface area contributed by atoms with Crippen molar-refractivity contribution in [1.29, 1.82) is 0 Å². The maximum absolute atomic E-state index is 11.8. The molecule has 0 unspecified atom stereocenters. The summed E-state index contributed by atoms with van der Waals surface area (Å²) in [6.45, 7) is 10.5. The minimum Gasteiger partial charge on any atom is -0.355 e. The van der Waals surface area contributed by atoms with Crippen molar-refractivity contribution in [3.8, 4) is 0 Å². The Morgan fingerprint density at radius 2 is 1.62 bits per heavy atom. The molecule has 94 valence electrons. The molecule has 0 rings (SSSR count). The Morgan fingerprint density at radius 3 is 2.06 bits per heavy atom. The summed E-state index contributed by atoms with van der Waals surface area (Å²) in [5, 5.41) is 5.52. The first kappa shape index (κ1) is 14.9. The zero-order valence-corrected chi connectivity index (χ0v) is 11.0. The average Bonchev–Trinajstić information content (AvgIpc) is 2.21. The molecule has 0 aromatic heterocycles. The first-order valence-electron chi connectivity index (χ1n) is 5.89. The lowest BCUT2D eigenvalue weighted by Gasteiger charge is -2.23. The molecule has 0 saturated carbocycles. The third-order valence-electron chi connectivity index (χ3n) is 2.34. The normalized spacial score (nSPS) is 11.4. The molecule has 0 bridgehead atoms. The van der Waals surface area contributed by atoms with Gasteiger partial charge < -0.3 is 10.6 Å². The second kappa shape index (κ2) is 6.51. The van der Waals surface area contributed by atoms with Crippen molar-refractivity contribution in [1.82, 2.24) is 10.6 Å². The summed E-state index contributed by atoms with van der Waals surface area (Å²) in [7, 11) is 0. The lowest BCUT2D eigenvalue weighted by atomic mass is 9.91. The molecule has 4 heteroatoms. The maximum Gasteiger partial charge on any atom is 0.235 e. The SMILES string of the molecule is CCCNC(=O)C(C)(C)C(=O)NCC(C)C. The molecule has 0 radical (unpaired) electrons. The van der Waals surface area contributed by atoms with Crippen LogP contribution in [0.3, 0.4) is 0 Å². The van der Waals surface area contributed by atoms with E-state index >= 15 is 0 Å². The van der Waals surface area contributed by atoms with Gasteiger partial charge in [-0.2, -0.15) is 0 Å². The highest BCUT2D eigenvalue weighted by molar-refractivity contribution is 6.04. The number of nitrogens with one attached hydrogen (secondary N) is 2. The highest BCUT2D eigenvalue weighted by atomic mass is 16.2. The largest absolute Gasteiger partial charge is 0.355 e. The van der Waals surface area contributed by atoms with Gasteiger partial charge in [0.05, 0.1) is 0 Å². The van der Waals surface area contributed by atoms with E-state index in [0.29, 0.717) is 19.0 Å². The quantitative estimate of drug-likeness (QED) is 0.673. The second-order valence-electron chi connectivity index (χ2n) is 4.98. The zero-order chi connectivity index (χ0) is 12.8. The van der Waals surface area contributed by atoms with E-state index in [0.717, 1.165) is 6.42 Å². The standard InChI is InChI=1S/C12H24N2O2/c1-6-7-13-10(15)12(4,5)11(16)14-8-9(2)3/h9H,6-8H2,1-5H3,(H,13,15)(H,14,16). The Kier molecular flexibility index (Phi) is 6.08. The highest BCUT2D eigenvalue weighted by Gasteiger charge is 2.35. The van der Waals surface area contributed by atoms with Crippen LogP contribution in [0.2, 0.25) is 0 Å². The molecule has 16 heavy (non-hydrogen) atoms. The van der Waals surface area contributed by atoms with Gasteiger partial charge in [-0.05, 0) is 26.2 Å². The Bertz CT molecular complexity index is 247. The van der Waals surface area contributed by atoms with Gasteiger partial charge in [0, 0.05) is 13.1 Å². The van der Waals surface area contributed by atoms with Gasteiger partial charge in [-0.25, -0.2) is 0 Å². The van der Waals surface area contributed by atoms with E-state index in [9.17, 15) is 9.59 Å². The molecule has 0 aromatic rings. The minimum atomic E-state index is -0.996. The molecule has 0 fully saturated rings. The van der Waals surface area contributed by atoms with Crippen molar-refractivity contribution in [2.24, 2.45) is 11.3 Å². The minimum absolute atomic E-state index is 0.212. The number of carbonyl (C=O) groups excluding carboxylic acids is 2. The van der Waals surface area contributed by atoms with E-state index in [1.807, 2.05) is 20.8 Å². The molecule has 0 heterocycles. The molecule has 0 aliphatic rings. The monoisotopic (exact) mass is 228 g/mol. The Labute approximate surface area is 98.2 Å². The average molecular weight is 228 g/mol. The summed E-state index contributed by atoms with van der Waals surface area (Å²) in [4.78, 5) is 23.5. The van der Waals surface area contributed by atoms with E-state index in [1.54, 1.807) is 13.8 Å². The fourth-order valence-corrected chi connectivity index (χ4v) is 1.08. The Hall–Kier alpha value is -1.06. The molecule has 0 saturated heterocycles. The molecule has 2 N–H and O–H groups in total. The van der Waals surface area contributed by atoms with Gasteiger partial charge in [0.2, 0.25) is 11.8 Å². The Balaban J connectivity index is 4.28. The van der Waals surface area contributed by atoms with Crippen molar-refractivity contribution < 1.29 is 9.59 Å². The van der Waals surface area contributed by atoms with Crippen molar-refractivity contribution in [3.63, 3.8) is 0 Å². The molecule has 0 spiro atoms. The van der Waals surface area contributed by atoms with Crippen LogP contribution in [0.5, 0.6) is 0 Å². The van der Waals surface area contributed by atoms with Gasteiger partial charge in [0.1, 0.15) is 5.41 Å².